The first-order valence-corrected chi connectivity index (χ1v) is 6.77. The number of nitrogens with zero attached hydrogens (tertiary/aromatic N) is 4. The largest absolute Gasteiger partial charge is 0.299 e. The molecule has 1 fully saturated rings. The number of rotatable bonds is 1. The monoisotopic (exact) mass is 282 g/mol. The Morgan fingerprint density at radius 1 is 1.14 bits per heavy atom. The minimum absolute atomic E-state index is 0.234. The van der Waals surface area contributed by atoms with E-state index in [2.05, 4.69) is 15.1 Å². The van der Waals surface area contributed by atoms with Gasteiger partial charge >= 0.3 is 0 Å². The maximum Gasteiger partial charge on any atom is 0.299 e. The highest BCUT2D eigenvalue weighted by Gasteiger charge is 2.35. The smallest absolute Gasteiger partial charge is 0.265 e. The van der Waals surface area contributed by atoms with Crippen molar-refractivity contribution in [3.63, 3.8) is 0 Å². The number of amides is 1. The number of benzene rings is 1. The molecule has 1 amide bonds. The van der Waals surface area contributed by atoms with Crippen LogP contribution in [0.15, 0.2) is 45.0 Å². The summed E-state index contributed by atoms with van der Waals surface area (Å²) < 4.78 is 13.7. The Morgan fingerprint density at radius 3 is 2.81 bits per heavy atom. The van der Waals surface area contributed by atoms with Gasteiger partial charge in [-0.15, -0.1) is 0 Å². The zero-order chi connectivity index (χ0) is 14.4. The SMILES string of the molecule is O=C1N=C2N=C3CCCC3=NN2C1=Cc1ccccc1F. The van der Waals surface area contributed by atoms with Crippen molar-refractivity contribution in [2.24, 2.45) is 15.1 Å². The quantitative estimate of drug-likeness (QED) is 0.742. The maximum absolute atomic E-state index is 13.7. The van der Waals surface area contributed by atoms with Crippen LogP contribution in [0.4, 0.5) is 4.39 Å². The molecular formula is C15H11FN4O. The summed E-state index contributed by atoms with van der Waals surface area (Å²) in [4.78, 5) is 20.3. The topological polar surface area (TPSA) is 57.4 Å². The Kier molecular flexibility index (Phi) is 2.57. The van der Waals surface area contributed by atoms with Crippen LogP contribution in [0, 0.1) is 5.82 Å². The van der Waals surface area contributed by atoms with E-state index < -0.39 is 5.91 Å². The van der Waals surface area contributed by atoms with Crippen molar-refractivity contribution >= 4 is 29.4 Å². The predicted molar refractivity (Wildman–Crippen MR) is 77.4 cm³/mol. The van der Waals surface area contributed by atoms with Gasteiger partial charge in [0.05, 0.1) is 11.4 Å². The van der Waals surface area contributed by atoms with E-state index in [1.165, 1.54) is 17.2 Å². The van der Waals surface area contributed by atoms with Gasteiger partial charge in [0.2, 0.25) is 0 Å². The third kappa shape index (κ3) is 1.91. The van der Waals surface area contributed by atoms with Crippen molar-refractivity contribution in [3.8, 4) is 0 Å². The first-order valence-electron chi connectivity index (χ1n) is 6.77. The van der Waals surface area contributed by atoms with E-state index in [1.54, 1.807) is 18.2 Å². The molecule has 0 aromatic heterocycles. The summed E-state index contributed by atoms with van der Waals surface area (Å²) in [5.41, 5.74) is 2.36. The van der Waals surface area contributed by atoms with Gasteiger partial charge in [-0.3, -0.25) is 4.79 Å². The Balaban J connectivity index is 1.77. The van der Waals surface area contributed by atoms with Crippen molar-refractivity contribution in [1.29, 1.82) is 0 Å². The highest BCUT2D eigenvalue weighted by molar-refractivity contribution is 6.46. The second-order valence-corrected chi connectivity index (χ2v) is 5.04. The summed E-state index contributed by atoms with van der Waals surface area (Å²) in [5, 5.41) is 5.86. The molecule has 0 N–H and O–H groups in total. The fourth-order valence-corrected chi connectivity index (χ4v) is 2.61. The van der Waals surface area contributed by atoms with Crippen LogP contribution in [0.5, 0.6) is 0 Å². The van der Waals surface area contributed by atoms with Crippen LogP contribution in [0.3, 0.4) is 0 Å². The van der Waals surface area contributed by atoms with Crippen LogP contribution >= 0.6 is 0 Å². The molecule has 0 radical (unpaired) electrons. The fraction of sp³-hybridized carbons (Fsp3) is 0.200. The molecule has 1 aromatic rings. The van der Waals surface area contributed by atoms with Crippen LogP contribution < -0.4 is 0 Å². The number of hydrogen-bond acceptors (Lipinski definition) is 4. The number of aliphatic imine (C=N–C) groups is 2. The van der Waals surface area contributed by atoms with Gasteiger partial charge in [-0.2, -0.15) is 15.1 Å². The summed E-state index contributed by atoms with van der Waals surface area (Å²) >= 11 is 0. The number of hydrazone groups is 1. The van der Waals surface area contributed by atoms with Gasteiger partial charge in [0.1, 0.15) is 11.5 Å². The van der Waals surface area contributed by atoms with E-state index in [0.717, 1.165) is 30.7 Å². The average molecular weight is 282 g/mol. The predicted octanol–water partition coefficient (Wildman–Crippen LogP) is 2.36. The zero-order valence-electron chi connectivity index (χ0n) is 11.1. The Labute approximate surface area is 120 Å². The van der Waals surface area contributed by atoms with Crippen molar-refractivity contribution in [3.05, 3.63) is 41.3 Å². The second kappa shape index (κ2) is 4.44. The molecule has 6 heteroatoms. The van der Waals surface area contributed by atoms with E-state index in [-0.39, 0.29) is 17.5 Å². The number of halogens is 1. The normalized spacial score (nSPS) is 22.0. The number of guanidine groups is 1. The molecule has 3 aliphatic rings. The van der Waals surface area contributed by atoms with Gasteiger partial charge in [0.15, 0.2) is 0 Å². The molecule has 1 aromatic carbocycles. The molecule has 2 heterocycles. The molecule has 1 aliphatic carbocycles. The zero-order valence-corrected chi connectivity index (χ0v) is 11.1. The lowest BCUT2D eigenvalue weighted by Crippen LogP contribution is -2.28. The highest BCUT2D eigenvalue weighted by Crippen LogP contribution is 2.27. The number of carbonyl (C=O) groups is 1. The van der Waals surface area contributed by atoms with E-state index in [1.807, 2.05) is 0 Å². The van der Waals surface area contributed by atoms with Gasteiger partial charge in [-0.25, -0.2) is 9.38 Å². The Bertz CT molecular complexity index is 776. The second-order valence-electron chi connectivity index (χ2n) is 5.04. The summed E-state index contributed by atoms with van der Waals surface area (Å²) in [5.74, 6) is -0.550. The lowest BCUT2D eigenvalue weighted by atomic mass is 10.1. The molecule has 21 heavy (non-hydrogen) atoms. The van der Waals surface area contributed by atoms with Crippen molar-refractivity contribution < 1.29 is 9.18 Å². The molecule has 104 valence electrons. The lowest BCUT2D eigenvalue weighted by Gasteiger charge is -2.18. The summed E-state index contributed by atoms with van der Waals surface area (Å²) in [6, 6.07) is 6.27. The van der Waals surface area contributed by atoms with Gasteiger partial charge in [-0.1, -0.05) is 18.2 Å². The van der Waals surface area contributed by atoms with E-state index >= 15 is 0 Å². The Hall–Kier alpha value is -2.63. The van der Waals surface area contributed by atoms with Crippen LogP contribution in [0.2, 0.25) is 0 Å². The van der Waals surface area contributed by atoms with E-state index in [4.69, 9.17) is 0 Å². The van der Waals surface area contributed by atoms with Crippen molar-refractivity contribution in [2.45, 2.75) is 19.3 Å². The number of fused-ring (bicyclic) bond motifs is 2. The van der Waals surface area contributed by atoms with E-state index in [0.29, 0.717) is 5.56 Å². The Morgan fingerprint density at radius 2 is 1.95 bits per heavy atom. The van der Waals surface area contributed by atoms with Gasteiger partial charge < -0.3 is 0 Å². The third-order valence-corrected chi connectivity index (χ3v) is 3.65. The lowest BCUT2D eigenvalue weighted by molar-refractivity contribution is -0.114. The van der Waals surface area contributed by atoms with E-state index in [9.17, 15) is 9.18 Å². The molecule has 0 saturated heterocycles. The van der Waals surface area contributed by atoms with Crippen LogP contribution in [0.1, 0.15) is 24.8 Å². The molecule has 0 bridgehead atoms. The molecule has 0 atom stereocenters. The average Bonchev–Trinajstić information content (AvgIpc) is 3.03. The first-order chi connectivity index (χ1) is 10.2. The summed E-state index contributed by atoms with van der Waals surface area (Å²) in [6.45, 7) is 0. The highest BCUT2D eigenvalue weighted by atomic mass is 19.1. The first kappa shape index (κ1) is 12.1. The number of hydrogen-bond donors (Lipinski definition) is 0. The maximum atomic E-state index is 13.7. The minimum Gasteiger partial charge on any atom is -0.265 e. The molecule has 5 nitrogen and oxygen atoms in total. The minimum atomic E-state index is -0.443. The summed E-state index contributed by atoms with van der Waals surface area (Å²) in [7, 11) is 0. The van der Waals surface area contributed by atoms with Gasteiger partial charge in [0.25, 0.3) is 11.9 Å². The third-order valence-electron chi connectivity index (χ3n) is 3.65. The molecule has 2 aliphatic heterocycles. The van der Waals surface area contributed by atoms with Crippen LogP contribution in [0.25, 0.3) is 6.08 Å². The molecule has 0 unspecified atom stereocenters. The number of carbonyl (C=O) groups excluding carboxylic acids is 1. The molecule has 1 saturated carbocycles. The molecular weight excluding hydrogens is 271 g/mol. The van der Waals surface area contributed by atoms with Crippen molar-refractivity contribution in [1.82, 2.24) is 5.01 Å². The van der Waals surface area contributed by atoms with Crippen LogP contribution in [-0.2, 0) is 4.79 Å². The molecule has 4 rings (SSSR count). The standard InChI is InChI=1S/C15H11FN4O/c16-10-5-2-1-4-9(10)8-13-14(21)18-15-17-11-6-3-7-12(11)19-20(13)15/h1-2,4-5,8H,3,6-7H2. The van der Waals surface area contributed by atoms with Gasteiger partial charge in [-0.05, 0) is 31.4 Å². The summed E-state index contributed by atoms with van der Waals surface area (Å²) in [6.07, 6.45) is 4.20. The molecule has 0 spiro atoms. The van der Waals surface area contributed by atoms with Gasteiger partial charge in [0, 0.05) is 5.56 Å². The fourth-order valence-electron chi connectivity index (χ4n) is 2.61. The van der Waals surface area contributed by atoms with Crippen molar-refractivity contribution in [2.75, 3.05) is 0 Å². The van der Waals surface area contributed by atoms with Crippen LogP contribution in [-0.4, -0.2) is 28.3 Å².